The lowest BCUT2D eigenvalue weighted by Gasteiger charge is -2.09. The van der Waals surface area contributed by atoms with E-state index in [0.29, 0.717) is 23.7 Å². The zero-order chi connectivity index (χ0) is 20.8. The molecule has 0 aliphatic heterocycles. The Morgan fingerprint density at radius 3 is 2.17 bits per heavy atom. The van der Waals surface area contributed by atoms with Crippen LogP contribution in [0.5, 0.6) is 0 Å². The van der Waals surface area contributed by atoms with Gasteiger partial charge in [0.25, 0.3) is 11.8 Å². The number of hydrogen-bond acceptors (Lipinski definition) is 4. The molecule has 2 heterocycles. The topological polar surface area (TPSA) is 76.0 Å². The molecule has 0 bridgehead atoms. The minimum Gasteiger partial charge on any atom is -0.350 e. The van der Waals surface area contributed by atoms with Crippen LogP contribution >= 0.6 is 11.3 Å². The molecule has 0 spiro atoms. The molecule has 30 heavy (non-hydrogen) atoms. The van der Waals surface area contributed by atoms with E-state index in [4.69, 9.17) is 0 Å². The summed E-state index contributed by atoms with van der Waals surface area (Å²) in [7, 11) is 0. The number of aromatic nitrogens is 2. The number of nitrogens with zero attached hydrogens (tertiary/aromatic N) is 2. The number of hydrogen-bond donors (Lipinski definition) is 2. The van der Waals surface area contributed by atoms with Crippen LogP contribution in [0.15, 0.2) is 84.2 Å². The first-order chi connectivity index (χ1) is 14.7. The smallest absolute Gasteiger partial charge is 0.270 e. The molecule has 0 atom stereocenters. The maximum atomic E-state index is 12.9. The summed E-state index contributed by atoms with van der Waals surface area (Å²) in [5, 5.41) is 12.2. The van der Waals surface area contributed by atoms with Gasteiger partial charge in [0, 0.05) is 18.7 Å². The summed E-state index contributed by atoms with van der Waals surface area (Å²) in [6.07, 6.45) is 0. The van der Waals surface area contributed by atoms with Crippen molar-refractivity contribution in [3.63, 3.8) is 0 Å². The van der Waals surface area contributed by atoms with Crippen molar-refractivity contribution in [2.24, 2.45) is 0 Å². The molecule has 0 radical (unpaired) electrons. The van der Waals surface area contributed by atoms with E-state index in [0.717, 1.165) is 16.9 Å². The minimum atomic E-state index is -0.251. The summed E-state index contributed by atoms with van der Waals surface area (Å²) >= 11 is 1.38. The molecule has 0 aliphatic carbocycles. The van der Waals surface area contributed by atoms with Crippen molar-refractivity contribution in [2.75, 3.05) is 13.1 Å². The summed E-state index contributed by atoms with van der Waals surface area (Å²) in [5.41, 5.74) is 2.89. The quantitative estimate of drug-likeness (QED) is 0.451. The Balaban J connectivity index is 1.48. The number of carbonyl (C=O) groups excluding carboxylic acids is 2. The minimum absolute atomic E-state index is 0.139. The molecule has 0 unspecified atom stereocenters. The summed E-state index contributed by atoms with van der Waals surface area (Å²) in [6, 6.07) is 24.6. The summed E-state index contributed by atoms with van der Waals surface area (Å²) in [5.74, 6) is -0.390. The monoisotopic (exact) mass is 416 g/mol. The molecule has 4 aromatic rings. The highest BCUT2D eigenvalue weighted by molar-refractivity contribution is 7.12. The first kappa shape index (κ1) is 19.6. The van der Waals surface area contributed by atoms with E-state index in [-0.39, 0.29) is 11.8 Å². The van der Waals surface area contributed by atoms with Crippen molar-refractivity contribution in [2.45, 2.75) is 0 Å². The van der Waals surface area contributed by atoms with Gasteiger partial charge in [-0.05, 0) is 29.6 Å². The lowest BCUT2D eigenvalue weighted by atomic mass is 10.1. The van der Waals surface area contributed by atoms with E-state index in [1.807, 2.05) is 72.1 Å². The molecule has 150 valence electrons. The third-order valence-corrected chi connectivity index (χ3v) is 5.32. The van der Waals surface area contributed by atoms with Crippen LogP contribution in [0.3, 0.4) is 0 Å². The number of carbonyl (C=O) groups is 2. The second-order valence-electron chi connectivity index (χ2n) is 6.52. The highest BCUT2D eigenvalue weighted by Gasteiger charge is 2.17. The molecule has 0 saturated heterocycles. The highest BCUT2D eigenvalue weighted by Crippen LogP contribution is 2.21. The van der Waals surface area contributed by atoms with Crippen LogP contribution in [0.25, 0.3) is 16.9 Å². The summed E-state index contributed by atoms with van der Waals surface area (Å²) in [6.45, 7) is 0.657. The van der Waals surface area contributed by atoms with Crippen molar-refractivity contribution in [1.82, 2.24) is 20.4 Å². The fraction of sp³-hybridized carbons (Fsp3) is 0.0870. The van der Waals surface area contributed by atoms with E-state index < -0.39 is 0 Å². The van der Waals surface area contributed by atoms with Crippen LogP contribution in [-0.4, -0.2) is 34.7 Å². The highest BCUT2D eigenvalue weighted by atomic mass is 32.1. The zero-order valence-electron chi connectivity index (χ0n) is 16.1. The lowest BCUT2D eigenvalue weighted by Crippen LogP contribution is -2.35. The van der Waals surface area contributed by atoms with Gasteiger partial charge in [0.2, 0.25) is 0 Å². The first-order valence-corrected chi connectivity index (χ1v) is 10.4. The van der Waals surface area contributed by atoms with Crippen LogP contribution in [0.1, 0.15) is 20.2 Å². The van der Waals surface area contributed by atoms with E-state index in [9.17, 15) is 9.59 Å². The van der Waals surface area contributed by atoms with Crippen molar-refractivity contribution < 1.29 is 9.59 Å². The Morgan fingerprint density at radius 2 is 1.50 bits per heavy atom. The number of benzene rings is 2. The van der Waals surface area contributed by atoms with E-state index >= 15 is 0 Å². The predicted octanol–water partition coefficient (Wildman–Crippen LogP) is 3.76. The Hall–Kier alpha value is -3.71. The molecular formula is C23H20N4O2S. The van der Waals surface area contributed by atoms with Crippen LogP contribution in [-0.2, 0) is 0 Å². The fourth-order valence-corrected chi connectivity index (χ4v) is 3.64. The maximum Gasteiger partial charge on any atom is 0.270 e. The van der Waals surface area contributed by atoms with Crippen LogP contribution < -0.4 is 10.6 Å². The molecule has 2 amide bonds. The van der Waals surface area contributed by atoms with Crippen molar-refractivity contribution in [1.29, 1.82) is 0 Å². The van der Waals surface area contributed by atoms with Gasteiger partial charge in [0.1, 0.15) is 5.69 Å². The standard InChI is InChI=1S/C23H20N4O2S/c28-22(24-13-14-25-23(29)21-12-7-15-30-21)20-16-19(17-8-3-1-4-9-17)26-27(20)18-10-5-2-6-11-18/h1-12,15-16H,13-14H2,(H,24,28)(H,25,29). The summed E-state index contributed by atoms with van der Waals surface area (Å²) in [4.78, 5) is 25.5. The van der Waals surface area contributed by atoms with E-state index in [2.05, 4.69) is 15.7 Å². The second kappa shape index (κ2) is 9.19. The van der Waals surface area contributed by atoms with Crippen LogP contribution in [0.2, 0.25) is 0 Å². The molecule has 0 fully saturated rings. The molecule has 0 aliphatic rings. The molecule has 6 nitrogen and oxygen atoms in total. The molecule has 7 heteroatoms. The number of nitrogens with one attached hydrogen (secondary N) is 2. The van der Waals surface area contributed by atoms with Gasteiger partial charge in [-0.15, -0.1) is 11.3 Å². The average Bonchev–Trinajstić information content (AvgIpc) is 3.48. The zero-order valence-corrected chi connectivity index (χ0v) is 16.9. The summed E-state index contributed by atoms with van der Waals surface area (Å²) < 4.78 is 1.64. The largest absolute Gasteiger partial charge is 0.350 e. The van der Waals surface area contributed by atoms with Gasteiger partial charge in [-0.1, -0.05) is 54.6 Å². The molecule has 0 saturated carbocycles. The Bertz CT molecular complexity index is 1120. The van der Waals surface area contributed by atoms with Crippen molar-refractivity contribution in [3.8, 4) is 16.9 Å². The Morgan fingerprint density at radius 1 is 0.833 bits per heavy atom. The molecule has 4 rings (SSSR count). The van der Waals surface area contributed by atoms with Crippen LogP contribution in [0.4, 0.5) is 0 Å². The van der Waals surface area contributed by atoms with Gasteiger partial charge >= 0.3 is 0 Å². The normalized spacial score (nSPS) is 10.5. The lowest BCUT2D eigenvalue weighted by molar-refractivity contribution is 0.0925. The number of para-hydroxylation sites is 1. The fourth-order valence-electron chi connectivity index (χ4n) is 3.00. The van der Waals surface area contributed by atoms with Gasteiger partial charge < -0.3 is 10.6 Å². The van der Waals surface area contributed by atoms with E-state index in [1.165, 1.54) is 11.3 Å². The molecule has 2 aromatic carbocycles. The molecular weight excluding hydrogens is 396 g/mol. The van der Waals surface area contributed by atoms with Crippen molar-refractivity contribution in [3.05, 3.63) is 94.8 Å². The third-order valence-electron chi connectivity index (χ3n) is 4.45. The molecule has 2 aromatic heterocycles. The first-order valence-electron chi connectivity index (χ1n) is 9.53. The Kier molecular flexibility index (Phi) is 6.01. The van der Waals surface area contributed by atoms with Gasteiger partial charge in [-0.25, -0.2) is 4.68 Å². The third kappa shape index (κ3) is 4.47. The van der Waals surface area contributed by atoms with Crippen LogP contribution in [0, 0.1) is 0 Å². The SMILES string of the molecule is O=C(NCCNC(=O)c1cc(-c2ccccc2)nn1-c1ccccc1)c1cccs1. The van der Waals surface area contributed by atoms with Gasteiger partial charge in [-0.2, -0.15) is 5.10 Å². The number of amides is 2. The number of rotatable bonds is 7. The maximum absolute atomic E-state index is 12.9. The van der Waals surface area contributed by atoms with Gasteiger partial charge in [0.15, 0.2) is 0 Å². The predicted molar refractivity (Wildman–Crippen MR) is 118 cm³/mol. The second-order valence-corrected chi connectivity index (χ2v) is 7.46. The number of thiophene rings is 1. The van der Waals surface area contributed by atoms with Crippen molar-refractivity contribution >= 4 is 23.2 Å². The van der Waals surface area contributed by atoms with E-state index in [1.54, 1.807) is 16.8 Å². The average molecular weight is 417 g/mol. The Labute approximate surface area is 178 Å². The van der Waals surface area contributed by atoms with Gasteiger partial charge in [0.05, 0.1) is 16.3 Å². The van der Waals surface area contributed by atoms with Gasteiger partial charge in [-0.3, -0.25) is 9.59 Å². The molecule has 2 N–H and O–H groups in total.